The molecule has 0 bridgehead atoms. The van der Waals surface area contributed by atoms with Gasteiger partial charge in [-0.1, -0.05) is 11.6 Å². The van der Waals surface area contributed by atoms with Gasteiger partial charge in [0.15, 0.2) is 0 Å². The molecular formula is C8H6ClFOS. The lowest BCUT2D eigenvalue weighted by molar-refractivity contribution is 0.112. The summed E-state index contributed by atoms with van der Waals surface area (Å²) in [6.07, 6.45) is 2.30. The quantitative estimate of drug-likeness (QED) is 0.544. The summed E-state index contributed by atoms with van der Waals surface area (Å²) in [6, 6.07) is 2.62. The second-order valence-electron chi connectivity index (χ2n) is 2.14. The Balaban J connectivity index is 3.27. The lowest BCUT2D eigenvalue weighted by Crippen LogP contribution is -1.87. The molecule has 1 nitrogen and oxygen atoms in total. The highest BCUT2D eigenvalue weighted by Crippen LogP contribution is 2.28. The molecule has 0 aliphatic carbocycles. The van der Waals surface area contributed by atoms with E-state index in [1.165, 1.54) is 23.9 Å². The molecule has 0 aromatic heterocycles. The number of hydrogen-bond donors (Lipinski definition) is 0. The summed E-state index contributed by atoms with van der Waals surface area (Å²) in [7, 11) is 0. The van der Waals surface area contributed by atoms with E-state index in [1.54, 1.807) is 6.26 Å². The van der Waals surface area contributed by atoms with E-state index in [2.05, 4.69) is 0 Å². The molecule has 0 radical (unpaired) electrons. The van der Waals surface area contributed by atoms with Crippen molar-refractivity contribution in [2.24, 2.45) is 0 Å². The van der Waals surface area contributed by atoms with Gasteiger partial charge in [0.25, 0.3) is 0 Å². The third kappa shape index (κ3) is 1.79. The number of thioether (sulfide) groups is 1. The fourth-order valence-electron chi connectivity index (χ4n) is 0.843. The molecule has 0 unspecified atom stereocenters. The number of rotatable bonds is 2. The predicted octanol–water partition coefficient (Wildman–Crippen LogP) is 3.01. The Morgan fingerprint density at radius 1 is 1.58 bits per heavy atom. The van der Waals surface area contributed by atoms with Crippen molar-refractivity contribution in [1.82, 2.24) is 0 Å². The van der Waals surface area contributed by atoms with Crippen molar-refractivity contribution in [3.63, 3.8) is 0 Å². The van der Waals surface area contributed by atoms with Gasteiger partial charge in [-0.05, 0) is 18.4 Å². The van der Waals surface area contributed by atoms with Gasteiger partial charge in [-0.2, -0.15) is 0 Å². The molecule has 0 atom stereocenters. The molecule has 0 saturated heterocycles. The molecular weight excluding hydrogens is 199 g/mol. The maximum absolute atomic E-state index is 13.0. The van der Waals surface area contributed by atoms with Crippen LogP contribution in [0.25, 0.3) is 0 Å². The molecule has 0 amide bonds. The van der Waals surface area contributed by atoms with Crippen LogP contribution in [0.4, 0.5) is 4.39 Å². The highest BCUT2D eigenvalue weighted by atomic mass is 35.5. The number of aldehydes is 1. The highest BCUT2D eigenvalue weighted by molar-refractivity contribution is 7.98. The third-order valence-electron chi connectivity index (χ3n) is 1.36. The number of carbonyl (C=O) groups excluding carboxylic acids is 1. The Hall–Kier alpha value is -0.540. The van der Waals surface area contributed by atoms with E-state index < -0.39 is 5.82 Å². The van der Waals surface area contributed by atoms with Gasteiger partial charge in [-0.3, -0.25) is 4.79 Å². The monoisotopic (exact) mass is 204 g/mol. The maximum atomic E-state index is 13.0. The van der Waals surface area contributed by atoms with Crippen LogP contribution in [0, 0.1) is 5.82 Å². The minimum Gasteiger partial charge on any atom is -0.298 e. The Bertz CT molecular complexity index is 291. The first-order chi connectivity index (χ1) is 5.69. The molecule has 0 heterocycles. The normalized spacial score (nSPS) is 9.92. The van der Waals surface area contributed by atoms with Gasteiger partial charge in [0, 0.05) is 5.56 Å². The standard InChI is InChI=1S/C8H6ClFOS/c1-12-8-6(9)2-5(4-11)3-7(8)10/h2-4H,1H3. The maximum Gasteiger partial charge on any atom is 0.150 e. The fourth-order valence-corrected chi connectivity index (χ4v) is 1.80. The summed E-state index contributed by atoms with van der Waals surface area (Å²) in [5.74, 6) is -0.447. The van der Waals surface area contributed by atoms with Crippen LogP contribution >= 0.6 is 23.4 Å². The van der Waals surface area contributed by atoms with Crippen molar-refractivity contribution in [3.8, 4) is 0 Å². The van der Waals surface area contributed by atoms with Crippen LogP contribution in [0.2, 0.25) is 5.02 Å². The van der Waals surface area contributed by atoms with E-state index >= 15 is 0 Å². The zero-order valence-corrected chi connectivity index (χ0v) is 7.88. The topological polar surface area (TPSA) is 17.1 Å². The first kappa shape index (κ1) is 9.55. The van der Waals surface area contributed by atoms with E-state index in [-0.39, 0.29) is 10.6 Å². The molecule has 0 aliphatic heterocycles. The van der Waals surface area contributed by atoms with E-state index in [0.29, 0.717) is 11.2 Å². The van der Waals surface area contributed by atoms with E-state index in [9.17, 15) is 9.18 Å². The van der Waals surface area contributed by atoms with E-state index in [1.807, 2.05) is 0 Å². The van der Waals surface area contributed by atoms with Crippen molar-refractivity contribution >= 4 is 29.6 Å². The minimum absolute atomic E-state index is 0.260. The largest absolute Gasteiger partial charge is 0.298 e. The lowest BCUT2D eigenvalue weighted by atomic mass is 10.2. The van der Waals surface area contributed by atoms with Crippen molar-refractivity contribution in [2.45, 2.75) is 4.90 Å². The summed E-state index contributed by atoms with van der Waals surface area (Å²) < 4.78 is 13.0. The van der Waals surface area contributed by atoms with Gasteiger partial charge in [0.2, 0.25) is 0 Å². The molecule has 4 heteroatoms. The molecule has 0 aliphatic rings. The average molecular weight is 205 g/mol. The van der Waals surface area contributed by atoms with Crippen LogP contribution in [0.5, 0.6) is 0 Å². The third-order valence-corrected chi connectivity index (χ3v) is 2.59. The zero-order chi connectivity index (χ0) is 9.14. The number of halogens is 2. The Kier molecular flexibility index (Phi) is 3.12. The van der Waals surface area contributed by atoms with Crippen molar-refractivity contribution in [1.29, 1.82) is 0 Å². The van der Waals surface area contributed by atoms with Gasteiger partial charge >= 0.3 is 0 Å². The molecule has 64 valence electrons. The summed E-state index contributed by atoms with van der Waals surface area (Å²) in [6.45, 7) is 0. The van der Waals surface area contributed by atoms with Crippen LogP contribution in [0.3, 0.4) is 0 Å². The van der Waals surface area contributed by atoms with Crippen LogP contribution in [-0.4, -0.2) is 12.5 Å². The van der Waals surface area contributed by atoms with E-state index in [0.717, 1.165) is 0 Å². The lowest BCUT2D eigenvalue weighted by Gasteiger charge is -2.02. The molecule has 0 spiro atoms. The Morgan fingerprint density at radius 2 is 2.25 bits per heavy atom. The second-order valence-corrected chi connectivity index (χ2v) is 3.36. The van der Waals surface area contributed by atoms with Gasteiger partial charge in [0.1, 0.15) is 12.1 Å². The SMILES string of the molecule is CSc1c(F)cc(C=O)cc1Cl. The smallest absolute Gasteiger partial charge is 0.150 e. The van der Waals surface area contributed by atoms with Crippen LogP contribution in [0.15, 0.2) is 17.0 Å². The average Bonchev–Trinajstić information content (AvgIpc) is 2.03. The Labute approximate surface area is 78.9 Å². The molecule has 0 saturated carbocycles. The second kappa shape index (κ2) is 3.92. The molecule has 1 aromatic carbocycles. The van der Waals surface area contributed by atoms with Crippen molar-refractivity contribution < 1.29 is 9.18 Å². The summed E-state index contributed by atoms with van der Waals surface area (Å²) >= 11 is 6.91. The van der Waals surface area contributed by atoms with Gasteiger partial charge in [-0.15, -0.1) is 11.8 Å². The van der Waals surface area contributed by atoms with Crippen molar-refractivity contribution in [2.75, 3.05) is 6.26 Å². The molecule has 0 N–H and O–H groups in total. The molecule has 1 rings (SSSR count). The number of benzene rings is 1. The number of carbonyl (C=O) groups is 1. The first-order valence-corrected chi connectivity index (χ1v) is 4.77. The summed E-state index contributed by atoms with van der Waals surface area (Å²) in [4.78, 5) is 10.7. The molecule has 12 heavy (non-hydrogen) atoms. The first-order valence-electron chi connectivity index (χ1n) is 3.17. The van der Waals surface area contributed by atoms with E-state index in [4.69, 9.17) is 11.6 Å². The summed E-state index contributed by atoms with van der Waals surface area (Å²) in [5, 5.41) is 0.282. The highest BCUT2D eigenvalue weighted by Gasteiger charge is 2.07. The van der Waals surface area contributed by atoms with Crippen LogP contribution < -0.4 is 0 Å². The number of hydrogen-bond acceptors (Lipinski definition) is 2. The van der Waals surface area contributed by atoms with Gasteiger partial charge in [-0.25, -0.2) is 4.39 Å². The van der Waals surface area contributed by atoms with Crippen LogP contribution in [0.1, 0.15) is 10.4 Å². The Morgan fingerprint density at radius 3 is 2.67 bits per heavy atom. The molecule has 1 aromatic rings. The predicted molar refractivity (Wildman–Crippen MR) is 48.6 cm³/mol. The van der Waals surface area contributed by atoms with Gasteiger partial charge < -0.3 is 0 Å². The van der Waals surface area contributed by atoms with Crippen LogP contribution in [-0.2, 0) is 0 Å². The fraction of sp³-hybridized carbons (Fsp3) is 0.125. The minimum atomic E-state index is -0.447. The zero-order valence-electron chi connectivity index (χ0n) is 6.30. The molecule has 0 fully saturated rings. The summed E-state index contributed by atoms with van der Waals surface area (Å²) in [5.41, 5.74) is 0.260. The van der Waals surface area contributed by atoms with Crippen molar-refractivity contribution in [3.05, 3.63) is 28.5 Å². The van der Waals surface area contributed by atoms with Gasteiger partial charge in [0.05, 0.1) is 9.92 Å².